The van der Waals surface area contributed by atoms with E-state index < -0.39 is 0 Å². The van der Waals surface area contributed by atoms with E-state index in [-0.39, 0.29) is 12.1 Å². The largest absolute Gasteiger partial charge is 0.457 e. The molecule has 0 amide bonds. The number of nitrogens with one attached hydrogen (secondary N) is 1. The van der Waals surface area contributed by atoms with Crippen LogP contribution in [0.3, 0.4) is 0 Å². The van der Waals surface area contributed by atoms with Crippen molar-refractivity contribution >= 4 is 23.0 Å². The van der Waals surface area contributed by atoms with E-state index in [1.54, 1.807) is 0 Å². The lowest BCUT2D eigenvalue weighted by atomic mass is 9.96. The molecule has 1 N–H and O–H groups in total. The molecule has 0 radical (unpaired) electrons. The fraction of sp³-hybridized carbons (Fsp3) is 0.185. The predicted molar refractivity (Wildman–Crippen MR) is 136 cm³/mol. The number of anilines is 1. The second-order valence-corrected chi connectivity index (χ2v) is 8.68. The minimum absolute atomic E-state index is 0.0202. The van der Waals surface area contributed by atoms with Crippen LogP contribution in [0.2, 0.25) is 0 Å². The Labute approximate surface area is 199 Å². The number of nitrogens with zero attached hydrogens (tertiary/aromatic N) is 3. The first-order valence-electron chi connectivity index (χ1n) is 11.0. The molecule has 1 aliphatic rings. The molecule has 4 aromatic rings. The van der Waals surface area contributed by atoms with Crippen LogP contribution in [0.15, 0.2) is 85.1 Å². The van der Waals surface area contributed by atoms with Crippen LogP contribution in [0, 0.1) is 13.8 Å². The van der Waals surface area contributed by atoms with Crippen LogP contribution in [0.25, 0.3) is 0 Å². The van der Waals surface area contributed by atoms with Gasteiger partial charge in [-0.15, -0.1) is 0 Å². The van der Waals surface area contributed by atoms with Gasteiger partial charge in [0.15, 0.2) is 5.11 Å². The number of pyridine rings is 1. The van der Waals surface area contributed by atoms with E-state index >= 15 is 0 Å². The average Bonchev–Trinajstić information content (AvgIpc) is 3.31. The number of aryl methyl sites for hydroxylation is 1. The zero-order valence-corrected chi connectivity index (χ0v) is 19.7. The highest BCUT2D eigenvalue weighted by atomic mass is 32.1. The molecule has 5 nitrogen and oxygen atoms in total. The van der Waals surface area contributed by atoms with Crippen molar-refractivity contribution in [3.05, 3.63) is 108 Å². The summed E-state index contributed by atoms with van der Waals surface area (Å²) in [7, 11) is 2.10. The highest BCUT2D eigenvalue weighted by molar-refractivity contribution is 7.80. The van der Waals surface area contributed by atoms with Gasteiger partial charge in [-0.3, -0.25) is 4.98 Å². The molecular weight excluding hydrogens is 428 g/mol. The van der Waals surface area contributed by atoms with Crippen molar-refractivity contribution in [2.45, 2.75) is 25.9 Å². The Morgan fingerprint density at radius 3 is 2.24 bits per heavy atom. The van der Waals surface area contributed by atoms with Gasteiger partial charge in [0.1, 0.15) is 11.5 Å². The lowest BCUT2D eigenvalue weighted by molar-refractivity contribution is 0.482. The summed E-state index contributed by atoms with van der Waals surface area (Å²) in [5, 5.41) is 4.22. The minimum atomic E-state index is -0.0561. The number of aromatic nitrogens is 2. The van der Waals surface area contributed by atoms with Crippen LogP contribution in [-0.2, 0) is 7.05 Å². The highest BCUT2D eigenvalue weighted by Gasteiger charge is 2.42. The lowest BCUT2D eigenvalue weighted by Gasteiger charge is -2.28. The zero-order chi connectivity index (χ0) is 22.9. The van der Waals surface area contributed by atoms with Gasteiger partial charge in [-0.25, -0.2) is 0 Å². The van der Waals surface area contributed by atoms with Crippen molar-refractivity contribution in [1.82, 2.24) is 14.9 Å². The molecule has 6 heteroatoms. The number of thiocarbonyl (C=S) groups is 1. The molecule has 1 saturated heterocycles. The third kappa shape index (κ3) is 3.98. The summed E-state index contributed by atoms with van der Waals surface area (Å²) >= 11 is 5.85. The maximum absolute atomic E-state index is 5.98. The van der Waals surface area contributed by atoms with Gasteiger partial charge in [0.2, 0.25) is 0 Å². The Balaban J connectivity index is 1.53. The predicted octanol–water partition coefficient (Wildman–Crippen LogP) is 6.01. The number of para-hydroxylation sites is 1. The van der Waals surface area contributed by atoms with Crippen LogP contribution in [0.1, 0.15) is 34.7 Å². The van der Waals surface area contributed by atoms with Gasteiger partial charge in [0.05, 0.1) is 17.8 Å². The fourth-order valence-corrected chi connectivity index (χ4v) is 4.78. The Morgan fingerprint density at radius 2 is 1.61 bits per heavy atom. The van der Waals surface area contributed by atoms with Crippen molar-refractivity contribution in [3.8, 4) is 11.5 Å². The molecule has 2 atom stereocenters. The molecule has 1 aliphatic heterocycles. The number of hydrogen-bond acceptors (Lipinski definition) is 3. The van der Waals surface area contributed by atoms with Crippen molar-refractivity contribution < 1.29 is 4.74 Å². The van der Waals surface area contributed by atoms with Crippen molar-refractivity contribution in [3.63, 3.8) is 0 Å². The van der Waals surface area contributed by atoms with Crippen molar-refractivity contribution in [2.75, 3.05) is 4.90 Å². The molecule has 33 heavy (non-hydrogen) atoms. The SMILES string of the molecule is Cc1cc([C@H]2[C@H](c3ccccn3)NC(=S)N2c2ccc(Oc3ccccc3)cc2)c(C)n1C. The lowest BCUT2D eigenvalue weighted by Crippen LogP contribution is -2.29. The molecule has 5 rings (SSSR count). The summed E-state index contributed by atoms with van der Waals surface area (Å²) < 4.78 is 8.21. The van der Waals surface area contributed by atoms with Gasteiger partial charge in [0.25, 0.3) is 0 Å². The number of ether oxygens (including phenoxy) is 1. The summed E-state index contributed by atoms with van der Waals surface area (Å²) in [6, 6.07) is 26.1. The molecule has 2 aromatic carbocycles. The summed E-state index contributed by atoms with van der Waals surface area (Å²) in [6.45, 7) is 4.29. The Hall–Kier alpha value is -3.64. The third-order valence-corrected chi connectivity index (χ3v) is 6.64. The molecule has 0 aliphatic carbocycles. The molecule has 166 valence electrons. The molecule has 0 saturated carbocycles. The van der Waals surface area contributed by atoms with Crippen LogP contribution >= 0.6 is 12.2 Å². The molecular formula is C27H26N4OS. The van der Waals surface area contributed by atoms with Gasteiger partial charge in [-0.2, -0.15) is 0 Å². The molecule has 1 fully saturated rings. The van der Waals surface area contributed by atoms with E-state index in [4.69, 9.17) is 17.0 Å². The summed E-state index contributed by atoms with van der Waals surface area (Å²) in [5.74, 6) is 1.60. The van der Waals surface area contributed by atoms with Gasteiger partial charge in [-0.05, 0) is 86.2 Å². The van der Waals surface area contributed by atoms with Gasteiger partial charge in [-0.1, -0.05) is 24.3 Å². The van der Waals surface area contributed by atoms with Crippen LogP contribution in [-0.4, -0.2) is 14.7 Å². The van der Waals surface area contributed by atoms with Crippen LogP contribution in [0.5, 0.6) is 11.5 Å². The summed E-state index contributed by atoms with van der Waals surface area (Å²) in [5.41, 5.74) is 5.66. The van der Waals surface area contributed by atoms with E-state index in [2.05, 4.69) is 64.9 Å². The number of hydrogen-bond donors (Lipinski definition) is 1. The normalized spacial score (nSPS) is 17.8. The van der Waals surface area contributed by atoms with E-state index in [0.29, 0.717) is 5.11 Å². The maximum Gasteiger partial charge on any atom is 0.174 e. The Kier molecular flexibility index (Phi) is 5.60. The summed E-state index contributed by atoms with van der Waals surface area (Å²) in [4.78, 5) is 6.84. The molecule has 0 unspecified atom stereocenters. The van der Waals surface area contributed by atoms with E-state index in [0.717, 1.165) is 22.9 Å². The minimum Gasteiger partial charge on any atom is -0.457 e. The second-order valence-electron chi connectivity index (χ2n) is 8.29. The Bertz CT molecular complexity index is 1270. The zero-order valence-electron chi connectivity index (χ0n) is 18.9. The second kappa shape index (κ2) is 8.71. The molecule has 3 heterocycles. The van der Waals surface area contributed by atoms with Crippen LogP contribution in [0.4, 0.5) is 5.69 Å². The van der Waals surface area contributed by atoms with Gasteiger partial charge >= 0.3 is 0 Å². The first-order valence-corrected chi connectivity index (χ1v) is 11.4. The molecule has 2 aromatic heterocycles. The Morgan fingerprint density at radius 1 is 0.909 bits per heavy atom. The number of benzene rings is 2. The van der Waals surface area contributed by atoms with Gasteiger partial charge in [0, 0.05) is 30.3 Å². The topological polar surface area (TPSA) is 42.3 Å². The summed E-state index contributed by atoms with van der Waals surface area (Å²) in [6.07, 6.45) is 1.83. The maximum atomic E-state index is 5.98. The van der Waals surface area contributed by atoms with E-state index in [9.17, 15) is 0 Å². The van der Waals surface area contributed by atoms with Crippen molar-refractivity contribution in [1.29, 1.82) is 0 Å². The van der Waals surface area contributed by atoms with E-state index in [1.807, 2.05) is 60.8 Å². The number of rotatable bonds is 5. The highest BCUT2D eigenvalue weighted by Crippen LogP contribution is 2.43. The standard InChI is InChI=1S/C27H26N4OS/c1-18-17-23(19(2)30(18)3)26-25(24-11-7-8-16-28-24)29-27(33)31(26)20-12-14-22(15-13-20)32-21-9-5-4-6-10-21/h4-17,25-26H,1-3H3,(H,29,33)/t25-,26-/m0/s1. The quantitative estimate of drug-likeness (QED) is 0.374. The third-order valence-electron chi connectivity index (χ3n) is 6.32. The smallest absolute Gasteiger partial charge is 0.174 e. The average molecular weight is 455 g/mol. The first kappa shape index (κ1) is 21.2. The van der Waals surface area contributed by atoms with Crippen molar-refractivity contribution in [2.24, 2.45) is 7.05 Å². The molecule has 0 bridgehead atoms. The monoisotopic (exact) mass is 454 g/mol. The van der Waals surface area contributed by atoms with E-state index in [1.165, 1.54) is 17.0 Å². The van der Waals surface area contributed by atoms with Gasteiger partial charge < -0.3 is 19.5 Å². The van der Waals surface area contributed by atoms with Crippen LogP contribution < -0.4 is 15.0 Å². The first-order chi connectivity index (χ1) is 16.0. The fourth-order valence-electron chi connectivity index (χ4n) is 4.43. The molecule has 0 spiro atoms.